The van der Waals surface area contributed by atoms with Gasteiger partial charge in [0.1, 0.15) is 18.2 Å². The maximum atomic E-state index is 5.85. The number of nitrogen functional groups attached to an aromatic ring is 1. The molecule has 0 amide bonds. The number of nitrogens with zero attached hydrogens (tertiary/aromatic N) is 3. The van der Waals surface area contributed by atoms with E-state index in [1.165, 1.54) is 12.8 Å². The van der Waals surface area contributed by atoms with Crippen molar-refractivity contribution in [2.45, 2.75) is 32.4 Å². The molecule has 1 heterocycles. The van der Waals surface area contributed by atoms with E-state index in [0.29, 0.717) is 37.5 Å². The average molecular weight is 266 g/mol. The fraction of sp³-hybridized carbons (Fsp3) is 0.692. The van der Waals surface area contributed by atoms with E-state index in [0.717, 1.165) is 12.4 Å². The first kappa shape index (κ1) is 14.0. The molecule has 0 saturated heterocycles. The van der Waals surface area contributed by atoms with E-state index in [1.807, 2.05) is 13.0 Å². The first-order valence-corrected chi connectivity index (χ1v) is 6.71. The lowest BCUT2D eigenvalue weighted by Gasteiger charge is -2.23. The summed E-state index contributed by atoms with van der Waals surface area (Å²) in [7, 11) is 1.71. The van der Waals surface area contributed by atoms with Gasteiger partial charge in [-0.15, -0.1) is 0 Å². The van der Waals surface area contributed by atoms with Crippen molar-refractivity contribution in [2.75, 3.05) is 37.5 Å². The van der Waals surface area contributed by atoms with Gasteiger partial charge in [-0.05, 0) is 19.8 Å². The summed E-state index contributed by atoms with van der Waals surface area (Å²) in [4.78, 5) is 11.0. The topological polar surface area (TPSA) is 73.5 Å². The smallest absolute Gasteiger partial charge is 0.158 e. The van der Waals surface area contributed by atoms with Crippen molar-refractivity contribution in [2.24, 2.45) is 0 Å². The normalized spacial score (nSPS) is 14.6. The molecule has 0 unspecified atom stereocenters. The summed E-state index contributed by atoms with van der Waals surface area (Å²) in [5.41, 5.74) is 5.85. The Kier molecular flexibility index (Phi) is 4.93. The van der Waals surface area contributed by atoms with Crippen LogP contribution in [0.25, 0.3) is 0 Å². The zero-order valence-corrected chi connectivity index (χ0v) is 11.6. The van der Waals surface area contributed by atoms with Crippen LogP contribution in [0.4, 0.5) is 11.6 Å². The Hall–Kier alpha value is -1.40. The highest BCUT2D eigenvalue weighted by molar-refractivity contribution is 5.48. The monoisotopic (exact) mass is 266 g/mol. The van der Waals surface area contributed by atoms with E-state index >= 15 is 0 Å². The summed E-state index contributed by atoms with van der Waals surface area (Å²) in [6.07, 6.45) is 2.41. The van der Waals surface area contributed by atoms with Crippen LogP contribution in [0.5, 0.6) is 0 Å². The lowest BCUT2D eigenvalue weighted by atomic mass is 10.4. The lowest BCUT2D eigenvalue weighted by molar-refractivity contribution is 0.128. The van der Waals surface area contributed by atoms with Crippen LogP contribution in [-0.2, 0) is 16.1 Å². The standard InChI is InChI=1S/C13H22N4O2/c1-3-19-9-12-15-11(14)8-13(16-12)17(6-7-18-2)10-4-5-10/h8,10H,3-7,9H2,1-2H3,(H2,14,15,16). The van der Waals surface area contributed by atoms with Crippen LogP contribution in [0.1, 0.15) is 25.6 Å². The molecule has 0 aliphatic heterocycles. The Morgan fingerprint density at radius 2 is 2.21 bits per heavy atom. The van der Waals surface area contributed by atoms with Crippen molar-refractivity contribution in [1.29, 1.82) is 0 Å². The van der Waals surface area contributed by atoms with Crippen LogP contribution >= 0.6 is 0 Å². The summed E-state index contributed by atoms with van der Waals surface area (Å²) in [5, 5.41) is 0. The van der Waals surface area contributed by atoms with Crippen LogP contribution < -0.4 is 10.6 Å². The first-order valence-electron chi connectivity index (χ1n) is 6.71. The molecule has 19 heavy (non-hydrogen) atoms. The summed E-state index contributed by atoms with van der Waals surface area (Å²) < 4.78 is 10.5. The van der Waals surface area contributed by atoms with E-state index in [1.54, 1.807) is 7.11 Å². The second-order valence-corrected chi connectivity index (χ2v) is 4.62. The summed E-state index contributed by atoms with van der Waals surface area (Å²) in [6, 6.07) is 2.38. The molecule has 0 aromatic carbocycles. The van der Waals surface area contributed by atoms with Crippen LogP contribution in [-0.4, -0.2) is 42.9 Å². The molecule has 2 N–H and O–H groups in total. The van der Waals surface area contributed by atoms with Gasteiger partial charge in [-0.1, -0.05) is 0 Å². The number of aromatic nitrogens is 2. The third kappa shape index (κ3) is 4.04. The zero-order valence-electron chi connectivity index (χ0n) is 11.6. The Labute approximate surface area is 113 Å². The fourth-order valence-electron chi connectivity index (χ4n) is 1.97. The summed E-state index contributed by atoms with van der Waals surface area (Å²) in [6.45, 7) is 4.50. The number of anilines is 2. The van der Waals surface area contributed by atoms with Crippen molar-refractivity contribution in [3.8, 4) is 0 Å². The van der Waals surface area contributed by atoms with Crippen molar-refractivity contribution in [3.63, 3.8) is 0 Å². The number of methoxy groups -OCH3 is 1. The van der Waals surface area contributed by atoms with Gasteiger partial charge in [0.05, 0.1) is 6.61 Å². The predicted octanol–water partition coefficient (Wildman–Crippen LogP) is 1.21. The van der Waals surface area contributed by atoms with E-state index in [-0.39, 0.29) is 0 Å². The van der Waals surface area contributed by atoms with Crippen molar-refractivity contribution in [1.82, 2.24) is 9.97 Å². The third-order valence-electron chi connectivity index (χ3n) is 3.03. The molecule has 0 bridgehead atoms. The van der Waals surface area contributed by atoms with Crippen molar-refractivity contribution in [3.05, 3.63) is 11.9 Å². The van der Waals surface area contributed by atoms with Gasteiger partial charge >= 0.3 is 0 Å². The van der Waals surface area contributed by atoms with Gasteiger partial charge in [-0.25, -0.2) is 9.97 Å². The van der Waals surface area contributed by atoms with Crippen LogP contribution in [0.15, 0.2) is 6.07 Å². The highest BCUT2D eigenvalue weighted by Crippen LogP contribution is 2.30. The van der Waals surface area contributed by atoms with E-state index in [2.05, 4.69) is 14.9 Å². The molecule has 106 valence electrons. The first-order chi connectivity index (χ1) is 9.24. The van der Waals surface area contributed by atoms with E-state index in [9.17, 15) is 0 Å². The minimum Gasteiger partial charge on any atom is -0.384 e. The lowest BCUT2D eigenvalue weighted by Crippen LogP contribution is -2.30. The minimum atomic E-state index is 0.400. The van der Waals surface area contributed by atoms with Crippen molar-refractivity contribution < 1.29 is 9.47 Å². The highest BCUT2D eigenvalue weighted by atomic mass is 16.5. The van der Waals surface area contributed by atoms with Gasteiger partial charge in [0.25, 0.3) is 0 Å². The fourth-order valence-corrected chi connectivity index (χ4v) is 1.97. The minimum absolute atomic E-state index is 0.400. The molecular weight excluding hydrogens is 244 g/mol. The Balaban J connectivity index is 2.13. The Morgan fingerprint density at radius 3 is 2.84 bits per heavy atom. The van der Waals surface area contributed by atoms with Gasteiger partial charge in [-0.3, -0.25) is 0 Å². The highest BCUT2D eigenvalue weighted by Gasteiger charge is 2.30. The SMILES string of the molecule is CCOCc1nc(N)cc(N(CCOC)C2CC2)n1. The molecule has 1 aliphatic rings. The number of hydrogen-bond acceptors (Lipinski definition) is 6. The number of rotatable bonds is 8. The molecule has 1 aliphatic carbocycles. The van der Waals surface area contributed by atoms with Gasteiger partial charge < -0.3 is 20.1 Å². The maximum absolute atomic E-state index is 5.85. The molecule has 0 radical (unpaired) electrons. The quantitative estimate of drug-likeness (QED) is 0.762. The number of hydrogen-bond donors (Lipinski definition) is 1. The van der Waals surface area contributed by atoms with Gasteiger partial charge in [0.2, 0.25) is 0 Å². The largest absolute Gasteiger partial charge is 0.384 e. The second kappa shape index (κ2) is 6.68. The molecule has 1 aromatic rings. The Bertz CT molecular complexity index is 410. The summed E-state index contributed by atoms with van der Waals surface area (Å²) >= 11 is 0. The van der Waals surface area contributed by atoms with E-state index in [4.69, 9.17) is 15.2 Å². The molecule has 6 nitrogen and oxygen atoms in total. The average Bonchev–Trinajstić information content (AvgIpc) is 3.21. The van der Waals surface area contributed by atoms with Gasteiger partial charge in [0, 0.05) is 32.4 Å². The molecule has 6 heteroatoms. The van der Waals surface area contributed by atoms with Crippen LogP contribution in [0.3, 0.4) is 0 Å². The molecule has 1 saturated carbocycles. The number of ether oxygens (including phenoxy) is 2. The number of nitrogens with two attached hydrogens (primary N) is 1. The van der Waals surface area contributed by atoms with Gasteiger partial charge in [0.15, 0.2) is 5.82 Å². The molecule has 1 fully saturated rings. The van der Waals surface area contributed by atoms with E-state index < -0.39 is 0 Å². The third-order valence-corrected chi connectivity index (χ3v) is 3.03. The summed E-state index contributed by atoms with van der Waals surface area (Å²) in [5.74, 6) is 2.00. The van der Waals surface area contributed by atoms with Crippen molar-refractivity contribution >= 4 is 11.6 Å². The molecular formula is C13H22N4O2. The van der Waals surface area contributed by atoms with Crippen LogP contribution in [0, 0.1) is 0 Å². The maximum Gasteiger partial charge on any atom is 0.158 e. The molecule has 2 rings (SSSR count). The molecule has 0 spiro atoms. The molecule has 0 atom stereocenters. The van der Waals surface area contributed by atoms with Gasteiger partial charge in [-0.2, -0.15) is 0 Å². The van der Waals surface area contributed by atoms with Crippen LogP contribution in [0.2, 0.25) is 0 Å². The molecule has 1 aromatic heterocycles. The Morgan fingerprint density at radius 1 is 1.42 bits per heavy atom. The zero-order chi connectivity index (χ0) is 13.7. The second-order valence-electron chi connectivity index (χ2n) is 4.62. The predicted molar refractivity (Wildman–Crippen MR) is 74.0 cm³/mol.